The van der Waals surface area contributed by atoms with Gasteiger partial charge in [-0.1, -0.05) is 115 Å². The molecule has 0 aliphatic heterocycles. The van der Waals surface area contributed by atoms with E-state index in [-0.39, 0.29) is 0 Å². The van der Waals surface area contributed by atoms with Gasteiger partial charge in [0.25, 0.3) is 0 Å². The van der Waals surface area contributed by atoms with Crippen LogP contribution in [0, 0.1) is 0 Å². The molecule has 4 aromatic heterocycles. The molecule has 0 N–H and O–H groups in total. The van der Waals surface area contributed by atoms with E-state index in [1.807, 2.05) is 45.3 Å². The topological polar surface area (TPSA) is 0 Å². The molecular formula is C46H30S4. The maximum atomic E-state index is 2.34. The molecule has 0 saturated carbocycles. The van der Waals surface area contributed by atoms with Crippen LogP contribution >= 0.6 is 45.3 Å². The maximum absolute atomic E-state index is 2.34. The fourth-order valence-electron chi connectivity index (χ4n) is 6.27. The first-order chi connectivity index (χ1) is 24.7. The van der Waals surface area contributed by atoms with Gasteiger partial charge in [-0.05, 0) is 111 Å². The van der Waals surface area contributed by atoms with Gasteiger partial charge in [-0.3, -0.25) is 0 Å². The molecule has 50 heavy (non-hydrogen) atoms. The molecular weight excluding hydrogens is 681 g/mol. The molecule has 9 rings (SSSR count). The average molecular weight is 711 g/mol. The summed E-state index contributed by atoms with van der Waals surface area (Å²) in [5, 5.41) is 0. The SMILES string of the molecule is c1ccc(-c2ccc(-c3cccc(-c4ccc(-c5cccc(-c6ccc(-c7cccc(-c8ccc(-c9ccccc9)s8)c7)s6)c5)s4)c3)s2)cc1. The average Bonchev–Trinajstić information content (AvgIpc) is 4.03. The van der Waals surface area contributed by atoms with Crippen LogP contribution in [0.4, 0.5) is 0 Å². The summed E-state index contributed by atoms with van der Waals surface area (Å²) in [6.07, 6.45) is 0. The predicted octanol–water partition coefficient (Wildman–Crippen LogP) is 15.3. The zero-order chi connectivity index (χ0) is 33.3. The van der Waals surface area contributed by atoms with Crippen LogP contribution in [-0.4, -0.2) is 0 Å². The minimum absolute atomic E-state index is 1.25. The lowest BCUT2D eigenvalue weighted by atomic mass is 10.1. The van der Waals surface area contributed by atoms with E-state index < -0.39 is 0 Å². The van der Waals surface area contributed by atoms with Gasteiger partial charge in [-0.2, -0.15) is 0 Å². The summed E-state index contributed by atoms with van der Waals surface area (Å²) in [5.41, 5.74) is 10.1. The molecule has 4 heterocycles. The lowest BCUT2D eigenvalue weighted by molar-refractivity contribution is 1.68. The van der Waals surface area contributed by atoms with Gasteiger partial charge in [0, 0.05) is 39.0 Å². The third-order valence-electron chi connectivity index (χ3n) is 8.84. The predicted molar refractivity (Wildman–Crippen MR) is 221 cm³/mol. The van der Waals surface area contributed by atoms with Crippen molar-refractivity contribution in [2.24, 2.45) is 0 Å². The van der Waals surface area contributed by atoms with Gasteiger partial charge < -0.3 is 0 Å². The zero-order valence-electron chi connectivity index (χ0n) is 27.0. The molecule has 0 amide bonds. The molecule has 0 nitrogen and oxygen atoms in total. The summed E-state index contributed by atoms with van der Waals surface area (Å²) in [7, 11) is 0. The molecule has 0 radical (unpaired) electrons. The Morgan fingerprint density at radius 2 is 0.380 bits per heavy atom. The van der Waals surface area contributed by atoms with Crippen molar-refractivity contribution < 1.29 is 0 Å². The first-order valence-corrected chi connectivity index (χ1v) is 19.8. The van der Waals surface area contributed by atoms with Crippen molar-refractivity contribution >= 4 is 45.3 Å². The van der Waals surface area contributed by atoms with E-state index >= 15 is 0 Å². The van der Waals surface area contributed by atoms with Gasteiger partial charge in [0.1, 0.15) is 0 Å². The van der Waals surface area contributed by atoms with Crippen LogP contribution in [-0.2, 0) is 0 Å². The quantitative estimate of drug-likeness (QED) is 0.147. The van der Waals surface area contributed by atoms with Crippen molar-refractivity contribution in [3.63, 3.8) is 0 Å². The summed E-state index contributed by atoms with van der Waals surface area (Å²) in [5.74, 6) is 0. The standard InChI is InChI=1S/C46H30S4/c1-3-10-31(11-4-1)39-20-22-41(47-39)33-14-7-16-35(28-33)43-24-26-45(49-43)37-18-9-19-38(30-37)46-27-25-44(50-46)36-17-8-15-34(29-36)42-23-21-40(48-42)32-12-5-2-6-13-32/h1-30H. The van der Waals surface area contributed by atoms with Crippen molar-refractivity contribution in [2.75, 3.05) is 0 Å². The van der Waals surface area contributed by atoms with Gasteiger partial charge in [0.05, 0.1) is 0 Å². The molecule has 0 saturated heterocycles. The van der Waals surface area contributed by atoms with Crippen molar-refractivity contribution in [3.05, 3.63) is 182 Å². The summed E-state index contributed by atoms with van der Waals surface area (Å²) in [6.45, 7) is 0. The second kappa shape index (κ2) is 13.7. The van der Waals surface area contributed by atoms with Gasteiger partial charge in [-0.25, -0.2) is 0 Å². The highest BCUT2D eigenvalue weighted by molar-refractivity contribution is 7.20. The van der Waals surface area contributed by atoms with E-state index in [0.717, 1.165) is 0 Å². The number of rotatable bonds is 8. The molecule has 0 unspecified atom stereocenters. The van der Waals surface area contributed by atoms with Crippen LogP contribution in [0.3, 0.4) is 0 Å². The first kappa shape index (κ1) is 30.9. The van der Waals surface area contributed by atoms with E-state index in [1.165, 1.54) is 83.5 Å². The molecule has 0 aliphatic rings. The lowest BCUT2D eigenvalue weighted by Gasteiger charge is -2.04. The molecule has 0 spiro atoms. The van der Waals surface area contributed by atoms with Gasteiger partial charge >= 0.3 is 0 Å². The Kier molecular flexibility index (Phi) is 8.45. The fraction of sp³-hybridized carbons (Fsp3) is 0. The Balaban J connectivity index is 0.941. The Hall–Kier alpha value is -5.10. The van der Waals surface area contributed by atoms with Gasteiger partial charge in [0.15, 0.2) is 0 Å². The number of hydrogen-bond acceptors (Lipinski definition) is 4. The summed E-state index contributed by atoms with van der Waals surface area (Å²) >= 11 is 7.42. The van der Waals surface area contributed by atoms with E-state index in [1.54, 1.807) is 0 Å². The van der Waals surface area contributed by atoms with Gasteiger partial charge in [-0.15, -0.1) is 45.3 Å². The summed E-state index contributed by atoms with van der Waals surface area (Å²) < 4.78 is 0. The maximum Gasteiger partial charge on any atom is 0.0349 e. The largest absolute Gasteiger partial charge is 0.135 e. The molecule has 0 bridgehead atoms. The summed E-state index contributed by atoms with van der Waals surface area (Å²) in [6, 6.07) is 66.2. The highest BCUT2D eigenvalue weighted by Crippen LogP contribution is 2.42. The van der Waals surface area contributed by atoms with Crippen LogP contribution in [0.15, 0.2) is 182 Å². The van der Waals surface area contributed by atoms with Crippen molar-refractivity contribution in [1.82, 2.24) is 0 Å². The number of hydrogen-bond donors (Lipinski definition) is 0. The second-order valence-corrected chi connectivity index (χ2v) is 16.5. The molecule has 0 atom stereocenters. The van der Waals surface area contributed by atoms with Crippen molar-refractivity contribution in [2.45, 2.75) is 0 Å². The summed E-state index contributed by atoms with van der Waals surface area (Å²) in [4.78, 5) is 10.3. The number of thiophene rings is 4. The van der Waals surface area contributed by atoms with Crippen LogP contribution in [0.5, 0.6) is 0 Å². The van der Waals surface area contributed by atoms with Crippen LogP contribution in [0.25, 0.3) is 83.5 Å². The van der Waals surface area contributed by atoms with Gasteiger partial charge in [0.2, 0.25) is 0 Å². The van der Waals surface area contributed by atoms with Crippen LogP contribution in [0.2, 0.25) is 0 Å². The molecule has 238 valence electrons. The fourth-order valence-corrected chi connectivity index (χ4v) is 10.3. The van der Waals surface area contributed by atoms with E-state index in [0.29, 0.717) is 0 Å². The van der Waals surface area contributed by atoms with Crippen molar-refractivity contribution in [3.8, 4) is 83.5 Å². The first-order valence-electron chi connectivity index (χ1n) is 16.6. The zero-order valence-corrected chi connectivity index (χ0v) is 30.2. The Labute approximate surface area is 308 Å². The van der Waals surface area contributed by atoms with Crippen LogP contribution in [0.1, 0.15) is 0 Å². The minimum Gasteiger partial charge on any atom is -0.135 e. The molecule has 0 fully saturated rings. The highest BCUT2D eigenvalue weighted by atomic mass is 32.1. The molecule has 9 aromatic rings. The van der Waals surface area contributed by atoms with Crippen LogP contribution < -0.4 is 0 Å². The minimum atomic E-state index is 1.25. The Morgan fingerprint density at radius 3 is 0.620 bits per heavy atom. The third kappa shape index (κ3) is 6.35. The molecule has 5 aromatic carbocycles. The van der Waals surface area contributed by atoms with Crippen molar-refractivity contribution in [1.29, 1.82) is 0 Å². The lowest BCUT2D eigenvalue weighted by Crippen LogP contribution is -1.76. The Bertz CT molecular complexity index is 2370. The molecule has 4 heteroatoms. The normalized spacial score (nSPS) is 11.2. The second-order valence-electron chi connectivity index (χ2n) is 12.1. The monoisotopic (exact) mass is 710 g/mol. The smallest absolute Gasteiger partial charge is 0.0349 e. The number of benzene rings is 5. The molecule has 0 aliphatic carbocycles. The third-order valence-corrected chi connectivity index (χ3v) is 13.6. The van der Waals surface area contributed by atoms with E-state index in [4.69, 9.17) is 0 Å². The van der Waals surface area contributed by atoms with E-state index in [9.17, 15) is 0 Å². The Morgan fingerprint density at radius 1 is 0.180 bits per heavy atom. The van der Waals surface area contributed by atoms with E-state index in [2.05, 4.69) is 182 Å². The highest BCUT2D eigenvalue weighted by Gasteiger charge is 2.12.